The Hall–Kier alpha value is -1.20. The van der Waals surface area contributed by atoms with Gasteiger partial charge in [0.15, 0.2) is 0 Å². The molecule has 6 heteroatoms. The first-order chi connectivity index (χ1) is 11.2. The van der Waals surface area contributed by atoms with Gasteiger partial charge in [0.25, 0.3) is 0 Å². The maximum absolute atomic E-state index is 12.1. The Bertz CT molecular complexity index is 652. The van der Waals surface area contributed by atoms with Crippen LogP contribution in [0.5, 0.6) is 0 Å². The van der Waals surface area contributed by atoms with E-state index in [1.807, 2.05) is 48.5 Å². The van der Waals surface area contributed by atoms with Gasteiger partial charge in [-0.3, -0.25) is 4.79 Å². The van der Waals surface area contributed by atoms with Crippen molar-refractivity contribution < 1.29 is 4.79 Å². The van der Waals surface area contributed by atoms with Crippen LogP contribution < -0.4 is 10.6 Å². The van der Waals surface area contributed by atoms with Crippen LogP contribution in [0.25, 0.3) is 0 Å². The lowest BCUT2D eigenvalue weighted by molar-refractivity contribution is -0.113. The predicted molar refractivity (Wildman–Crippen MR) is 107 cm³/mol. The molecule has 0 aromatic heterocycles. The highest BCUT2D eigenvalue weighted by molar-refractivity contribution is 7.99. The Morgan fingerprint density at radius 1 is 1.17 bits per heavy atom. The number of amides is 1. The van der Waals surface area contributed by atoms with Gasteiger partial charge in [-0.15, -0.1) is 24.2 Å². The third-order valence-corrected chi connectivity index (χ3v) is 4.49. The van der Waals surface area contributed by atoms with Gasteiger partial charge >= 0.3 is 0 Å². The van der Waals surface area contributed by atoms with E-state index in [1.54, 1.807) is 11.8 Å². The SMILES string of the molecule is CCNCc1ccccc1NC(=O)CSCc1cccc(Cl)c1.Cl. The minimum Gasteiger partial charge on any atom is -0.325 e. The summed E-state index contributed by atoms with van der Waals surface area (Å²) in [6.45, 7) is 3.72. The molecule has 2 aromatic rings. The number of thioether (sulfide) groups is 1. The van der Waals surface area contributed by atoms with Crippen molar-refractivity contribution in [2.24, 2.45) is 0 Å². The van der Waals surface area contributed by atoms with Crippen molar-refractivity contribution in [3.05, 3.63) is 64.7 Å². The molecule has 130 valence electrons. The molecule has 0 bridgehead atoms. The molecule has 2 aromatic carbocycles. The van der Waals surface area contributed by atoms with Gasteiger partial charge in [0.1, 0.15) is 0 Å². The zero-order valence-corrected chi connectivity index (χ0v) is 15.9. The van der Waals surface area contributed by atoms with Crippen molar-refractivity contribution in [1.29, 1.82) is 0 Å². The molecule has 24 heavy (non-hydrogen) atoms. The first kappa shape index (κ1) is 20.8. The lowest BCUT2D eigenvalue weighted by Gasteiger charge is -2.11. The summed E-state index contributed by atoms with van der Waals surface area (Å²) in [5, 5.41) is 7.00. The van der Waals surface area contributed by atoms with Crippen LogP contribution in [0, 0.1) is 0 Å². The molecule has 0 spiro atoms. The molecule has 3 nitrogen and oxygen atoms in total. The Labute approximate surface area is 159 Å². The van der Waals surface area contributed by atoms with E-state index >= 15 is 0 Å². The summed E-state index contributed by atoms with van der Waals surface area (Å²) in [6, 6.07) is 15.6. The number of nitrogens with one attached hydrogen (secondary N) is 2. The highest BCUT2D eigenvalue weighted by Gasteiger charge is 2.06. The zero-order chi connectivity index (χ0) is 16.5. The van der Waals surface area contributed by atoms with Gasteiger partial charge in [-0.05, 0) is 35.9 Å². The molecule has 0 saturated carbocycles. The zero-order valence-electron chi connectivity index (χ0n) is 13.5. The number of carbonyl (C=O) groups excluding carboxylic acids is 1. The second kappa shape index (κ2) is 11.4. The van der Waals surface area contributed by atoms with Crippen LogP contribution in [0.1, 0.15) is 18.1 Å². The summed E-state index contributed by atoms with van der Waals surface area (Å²) in [7, 11) is 0. The monoisotopic (exact) mass is 384 g/mol. The van der Waals surface area contributed by atoms with Crippen molar-refractivity contribution in [3.8, 4) is 0 Å². The second-order valence-electron chi connectivity index (χ2n) is 5.11. The van der Waals surface area contributed by atoms with Gasteiger partial charge in [0.2, 0.25) is 5.91 Å². The highest BCUT2D eigenvalue weighted by Crippen LogP contribution is 2.18. The van der Waals surface area contributed by atoms with E-state index < -0.39 is 0 Å². The van der Waals surface area contributed by atoms with Crippen molar-refractivity contribution in [1.82, 2.24) is 5.32 Å². The third kappa shape index (κ3) is 7.14. The van der Waals surface area contributed by atoms with E-state index in [0.717, 1.165) is 40.7 Å². The van der Waals surface area contributed by atoms with Gasteiger partial charge in [-0.25, -0.2) is 0 Å². The van der Waals surface area contributed by atoms with Crippen LogP contribution in [-0.2, 0) is 17.1 Å². The van der Waals surface area contributed by atoms with Crippen molar-refractivity contribution >= 4 is 47.4 Å². The fourth-order valence-corrected chi connectivity index (χ4v) is 3.12. The fraction of sp³-hybridized carbons (Fsp3) is 0.278. The smallest absolute Gasteiger partial charge is 0.234 e. The molecule has 0 heterocycles. The van der Waals surface area contributed by atoms with E-state index in [0.29, 0.717) is 5.75 Å². The molecule has 0 aliphatic rings. The average molecular weight is 385 g/mol. The predicted octanol–water partition coefficient (Wildman–Crippen LogP) is 4.74. The molecular formula is C18H22Cl2N2OS. The van der Waals surface area contributed by atoms with Crippen LogP contribution in [0.15, 0.2) is 48.5 Å². The van der Waals surface area contributed by atoms with Crippen molar-refractivity contribution in [3.63, 3.8) is 0 Å². The van der Waals surface area contributed by atoms with Crippen LogP contribution in [0.2, 0.25) is 5.02 Å². The lowest BCUT2D eigenvalue weighted by Crippen LogP contribution is -2.18. The molecule has 0 atom stereocenters. The minimum atomic E-state index is 0. The lowest BCUT2D eigenvalue weighted by atomic mass is 10.1. The normalized spacial score (nSPS) is 10.1. The Morgan fingerprint density at radius 3 is 2.71 bits per heavy atom. The van der Waals surface area contributed by atoms with E-state index in [9.17, 15) is 4.79 Å². The molecule has 0 saturated heterocycles. The molecule has 2 rings (SSSR count). The van der Waals surface area contributed by atoms with E-state index in [-0.39, 0.29) is 18.3 Å². The molecule has 0 aliphatic carbocycles. The first-order valence-corrected chi connectivity index (χ1v) is 9.13. The number of benzene rings is 2. The van der Waals surface area contributed by atoms with Gasteiger partial charge in [-0.2, -0.15) is 0 Å². The van der Waals surface area contributed by atoms with Crippen molar-refractivity contribution in [2.75, 3.05) is 17.6 Å². The summed E-state index contributed by atoms with van der Waals surface area (Å²) in [5.41, 5.74) is 3.10. The molecule has 0 aliphatic heterocycles. The topological polar surface area (TPSA) is 41.1 Å². The van der Waals surface area contributed by atoms with E-state index in [4.69, 9.17) is 11.6 Å². The largest absolute Gasteiger partial charge is 0.325 e. The van der Waals surface area contributed by atoms with E-state index in [2.05, 4.69) is 17.6 Å². The molecule has 1 amide bonds. The second-order valence-corrected chi connectivity index (χ2v) is 6.53. The Morgan fingerprint density at radius 2 is 1.96 bits per heavy atom. The summed E-state index contributed by atoms with van der Waals surface area (Å²) < 4.78 is 0. The fourth-order valence-electron chi connectivity index (χ4n) is 2.13. The van der Waals surface area contributed by atoms with Gasteiger partial charge in [0, 0.05) is 23.0 Å². The molecule has 0 fully saturated rings. The quantitative estimate of drug-likeness (QED) is 0.690. The summed E-state index contributed by atoms with van der Waals surface area (Å²) in [4.78, 5) is 12.1. The number of para-hydroxylation sites is 1. The summed E-state index contributed by atoms with van der Waals surface area (Å²) in [6.07, 6.45) is 0. The van der Waals surface area contributed by atoms with Crippen LogP contribution >= 0.6 is 35.8 Å². The number of anilines is 1. The molecule has 2 N–H and O–H groups in total. The summed E-state index contributed by atoms with van der Waals surface area (Å²) in [5.74, 6) is 1.20. The average Bonchev–Trinajstić information content (AvgIpc) is 2.54. The Kier molecular flexibility index (Phi) is 9.88. The standard InChI is InChI=1S/C18H21ClN2OS.ClH/c1-2-20-11-15-7-3-4-9-17(15)21-18(22)13-23-12-14-6-5-8-16(19)10-14;/h3-10,20H,2,11-13H2,1H3,(H,21,22);1H. The van der Waals surface area contributed by atoms with Crippen LogP contribution in [-0.4, -0.2) is 18.2 Å². The number of hydrogen-bond acceptors (Lipinski definition) is 3. The van der Waals surface area contributed by atoms with E-state index in [1.165, 1.54) is 0 Å². The number of rotatable bonds is 8. The highest BCUT2D eigenvalue weighted by atomic mass is 35.5. The maximum Gasteiger partial charge on any atom is 0.234 e. The maximum atomic E-state index is 12.1. The van der Waals surface area contributed by atoms with Crippen molar-refractivity contribution in [2.45, 2.75) is 19.2 Å². The van der Waals surface area contributed by atoms with Gasteiger partial charge in [-0.1, -0.05) is 48.9 Å². The van der Waals surface area contributed by atoms with Crippen LogP contribution in [0.4, 0.5) is 5.69 Å². The van der Waals surface area contributed by atoms with Crippen LogP contribution in [0.3, 0.4) is 0 Å². The number of hydrogen-bond donors (Lipinski definition) is 2. The number of halogens is 2. The summed E-state index contributed by atoms with van der Waals surface area (Å²) >= 11 is 7.54. The van der Waals surface area contributed by atoms with Gasteiger partial charge < -0.3 is 10.6 Å². The Balaban J connectivity index is 0.00000288. The molecular weight excluding hydrogens is 363 g/mol. The minimum absolute atomic E-state index is 0. The third-order valence-electron chi connectivity index (χ3n) is 3.25. The first-order valence-electron chi connectivity index (χ1n) is 7.59. The molecule has 0 unspecified atom stereocenters. The number of carbonyl (C=O) groups is 1. The van der Waals surface area contributed by atoms with Gasteiger partial charge in [0.05, 0.1) is 5.75 Å². The molecule has 0 radical (unpaired) electrons.